The van der Waals surface area contributed by atoms with Crippen LogP contribution >= 0.6 is 11.3 Å². The third kappa shape index (κ3) is 4.31. The van der Waals surface area contributed by atoms with Crippen molar-refractivity contribution in [3.8, 4) is 10.6 Å². The molecular weight excluding hydrogens is 456 g/mol. The van der Waals surface area contributed by atoms with E-state index in [-0.39, 0.29) is 14.0 Å². The lowest BCUT2D eigenvalue weighted by Gasteiger charge is -2.11. The van der Waals surface area contributed by atoms with Gasteiger partial charge in [-0.05, 0) is 36.4 Å². The molecule has 2 aromatic heterocycles. The summed E-state index contributed by atoms with van der Waals surface area (Å²) in [5.41, 5.74) is -2.06. The highest BCUT2D eigenvalue weighted by Crippen LogP contribution is 2.40. The molecule has 1 aromatic carbocycles. The number of thiophene rings is 1. The summed E-state index contributed by atoms with van der Waals surface area (Å²) < 4.78 is 101. The largest absolute Gasteiger partial charge is 0.420 e. The molecule has 3 rings (SSSR count). The van der Waals surface area contributed by atoms with E-state index in [1.54, 1.807) is 0 Å². The number of benzene rings is 1. The minimum atomic E-state index is -4.90. The van der Waals surface area contributed by atoms with Gasteiger partial charge in [0.1, 0.15) is 15.6 Å². The number of alkyl halides is 3. The fourth-order valence-corrected chi connectivity index (χ4v) is 5.47. The Morgan fingerprint density at radius 2 is 1.59 bits per heavy atom. The van der Waals surface area contributed by atoms with Crippen LogP contribution in [0, 0.1) is 5.82 Å². The molecular formula is C16H10F4N2O4S3. The topological polar surface area (TPSA) is 94.1 Å². The highest BCUT2D eigenvalue weighted by molar-refractivity contribution is 7.93. The summed E-state index contributed by atoms with van der Waals surface area (Å²) in [7, 11) is -8.12. The van der Waals surface area contributed by atoms with Crippen molar-refractivity contribution >= 4 is 31.0 Å². The van der Waals surface area contributed by atoms with E-state index in [9.17, 15) is 34.4 Å². The molecule has 0 amide bonds. The smallest absolute Gasteiger partial charge is 0.226 e. The van der Waals surface area contributed by atoms with E-state index in [1.165, 1.54) is 0 Å². The zero-order chi connectivity index (χ0) is 21.6. The molecule has 0 aliphatic heterocycles. The van der Waals surface area contributed by atoms with Gasteiger partial charge in [0, 0.05) is 12.5 Å². The quantitative estimate of drug-likeness (QED) is 0.331. The molecule has 0 radical (unpaired) electrons. The lowest BCUT2D eigenvalue weighted by atomic mass is 10.2. The van der Waals surface area contributed by atoms with Crippen LogP contribution in [0.15, 0.2) is 56.9 Å². The van der Waals surface area contributed by atoms with E-state index in [1.807, 2.05) is 0 Å². The van der Waals surface area contributed by atoms with Crippen molar-refractivity contribution < 1.29 is 34.4 Å². The summed E-state index contributed by atoms with van der Waals surface area (Å²) in [6.45, 7) is 0. The average Bonchev–Trinajstić information content (AvgIpc) is 3.11. The molecule has 154 valence electrons. The number of halogens is 4. The van der Waals surface area contributed by atoms with E-state index in [4.69, 9.17) is 0 Å². The zero-order valence-electron chi connectivity index (χ0n) is 14.3. The van der Waals surface area contributed by atoms with Gasteiger partial charge in [0.05, 0.1) is 15.5 Å². The molecule has 0 bridgehead atoms. The number of hydrogen-bond donors (Lipinski definition) is 0. The van der Waals surface area contributed by atoms with Crippen LogP contribution in [-0.2, 0) is 25.9 Å². The van der Waals surface area contributed by atoms with Gasteiger partial charge < -0.3 is 0 Å². The van der Waals surface area contributed by atoms with Crippen LogP contribution in [0.3, 0.4) is 0 Å². The third-order valence-electron chi connectivity index (χ3n) is 3.61. The summed E-state index contributed by atoms with van der Waals surface area (Å²) in [6, 6.07) is 6.08. The van der Waals surface area contributed by atoms with Crippen molar-refractivity contribution in [2.75, 3.05) is 6.26 Å². The van der Waals surface area contributed by atoms with E-state index < -0.39 is 48.1 Å². The fraction of sp³-hybridized carbons (Fsp3) is 0.125. The lowest BCUT2D eigenvalue weighted by molar-refractivity contribution is -0.137. The van der Waals surface area contributed by atoms with Crippen LogP contribution in [-0.4, -0.2) is 33.1 Å². The van der Waals surface area contributed by atoms with Crippen LogP contribution in [0.5, 0.6) is 0 Å². The average molecular weight is 466 g/mol. The monoisotopic (exact) mass is 466 g/mol. The van der Waals surface area contributed by atoms with Crippen LogP contribution in [0.2, 0.25) is 0 Å². The second kappa shape index (κ2) is 7.15. The van der Waals surface area contributed by atoms with Crippen molar-refractivity contribution in [2.45, 2.75) is 20.4 Å². The molecule has 0 unspecified atom stereocenters. The molecule has 6 nitrogen and oxygen atoms in total. The summed E-state index contributed by atoms with van der Waals surface area (Å²) >= 11 is 0.475. The normalized spacial score (nSPS) is 12.9. The first-order valence-corrected chi connectivity index (χ1v) is 11.7. The molecule has 0 saturated carbocycles. The Bertz CT molecular complexity index is 1280. The molecule has 0 aliphatic rings. The van der Waals surface area contributed by atoms with Gasteiger partial charge in [-0.1, -0.05) is 0 Å². The van der Waals surface area contributed by atoms with Crippen LogP contribution in [0.4, 0.5) is 17.6 Å². The molecule has 3 aromatic rings. The van der Waals surface area contributed by atoms with E-state index in [0.717, 1.165) is 42.7 Å². The molecule has 0 saturated heterocycles. The van der Waals surface area contributed by atoms with Gasteiger partial charge in [-0.15, -0.1) is 11.3 Å². The Labute approximate surface area is 166 Å². The second-order valence-corrected chi connectivity index (χ2v) is 10.9. The Morgan fingerprint density at radius 1 is 0.966 bits per heavy atom. The first-order valence-electron chi connectivity index (χ1n) is 7.55. The van der Waals surface area contributed by atoms with Gasteiger partial charge in [0.2, 0.25) is 24.8 Å². The Kier molecular flexibility index (Phi) is 5.26. The Balaban J connectivity index is 2.16. The predicted octanol–water partition coefficient (Wildman–Crippen LogP) is 3.60. The second-order valence-electron chi connectivity index (χ2n) is 5.76. The van der Waals surface area contributed by atoms with E-state index >= 15 is 0 Å². The molecule has 13 heteroatoms. The first-order chi connectivity index (χ1) is 13.3. The maximum absolute atomic E-state index is 13.3. The maximum atomic E-state index is 13.3. The van der Waals surface area contributed by atoms with Gasteiger partial charge in [-0.3, -0.25) is 0 Å². The first kappa shape index (κ1) is 21.3. The summed E-state index contributed by atoms with van der Waals surface area (Å²) in [5, 5.41) is -0.822. The number of sulfone groups is 2. The van der Waals surface area contributed by atoms with Crippen molar-refractivity contribution in [3.63, 3.8) is 0 Å². The van der Waals surface area contributed by atoms with Gasteiger partial charge >= 0.3 is 6.18 Å². The highest BCUT2D eigenvalue weighted by Gasteiger charge is 2.37. The summed E-state index contributed by atoms with van der Waals surface area (Å²) in [5.74, 6) is -0.653. The molecule has 0 aliphatic carbocycles. The van der Waals surface area contributed by atoms with Crippen molar-refractivity contribution in [2.24, 2.45) is 0 Å². The molecule has 2 heterocycles. The van der Waals surface area contributed by atoms with Gasteiger partial charge in [-0.2, -0.15) is 13.2 Å². The standard InChI is InChI=1S/C16H10F4N2O4S3/c1-28(23,24)15-21-8-11(16(18,19)20)14(22-15)12-6-7-13(27-12)29(25,26)10-4-2-9(17)3-5-10/h2-8H,1H3. The minimum absolute atomic E-state index is 0.217. The van der Waals surface area contributed by atoms with Crippen LogP contribution < -0.4 is 0 Å². The van der Waals surface area contributed by atoms with Crippen LogP contribution in [0.25, 0.3) is 10.6 Å². The van der Waals surface area contributed by atoms with Crippen molar-refractivity contribution in [1.82, 2.24) is 9.97 Å². The lowest BCUT2D eigenvalue weighted by Crippen LogP contribution is -2.13. The van der Waals surface area contributed by atoms with Crippen molar-refractivity contribution in [3.05, 3.63) is 54.0 Å². The molecule has 0 atom stereocenters. The maximum Gasteiger partial charge on any atom is 0.420 e. The minimum Gasteiger partial charge on any atom is -0.226 e. The number of rotatable bonds is 4. The predicted molar refractivity (Wildman–Crippen MR) is 95.3 cm³/mol. The Hall–Kier alpha value is -2.38. The van der Waals surface area contributed by atoms with Gasteiger partial charge in [-0.25, -0.2) is 31.2 Å². The van der Waals surface area contributed by atoms with Crippen LogP contribution in [0.1, 0.15) is 5.56 Å². The molecule has 29 heavy (non-hydrogen) atoms. The fourth-order valence-electron chi connectivity index (χ4n) is 2.26. The van der Waals surface area contributed by atoms with Gasteiger partial charge in [0.15, 0.2) is 0 Å². The molecule has 0 fully saturated rings. The third-order valence-corrected chi connectivity index (χ3v) is 7.82. The summed E-state index contributed by atoms with van der Waals surface area (Å²) in [6.07, 6.45) is -3.82. The van der Waals surface area contributed by atoms with Crippen molar-refractivity contribution in [1.29, 1.82) is 0 Å². The van der Waals surface area contributed by atoms with E-state index in [0.29, 0.717) is 17.5 Å². The van der Waals surface area contributed by atoms with E-state index in [2.05, 4.69) is 9.97 Å². The number of hydrogen-bond acceptors (Lipinski definition) is 7. The molecule has 0 spiro atoms. The zero-order valence-corrected chi connectivity index (χ0v) is 16.8. The van der Waals surface area contributed by atoms with Gasteiger partial charge in [0.25, 0.3) is 0 Å². The number of nitrogens with zero attached hydrogens (tertiary/aromatic N) is 2. The number of aromatic nitrogens is 2. The Morgan fingerprint density at radius 3 is 2.14 bits per heavy atom. The summed E-state index contributed by atoms with van der Waals surface area (Å²) in [4.78, 5) is 6.29. The SMILES string of the molecule is CS(=O)(=O)c1ncc(C(F)(F)F)c(-c2ccc(S(=O)(=O)c3ccc(F)cc3)s2)n1. The molecule has 0 N–H and O–H groups in total. The highest BCUT2D eigenvalue weighted by atomic mass is 32.2.